The molecule has 2 aliphatic heterocycles. The fourth-order valence-corrected chi connectivity index (χ4v) is 5.94. The number of fused-ring (bicyclic) bond motifs is 1. The van der Waals surface area contributed by atoms with E-state index in [1.807, 2.05) is 12.3 Å². The molecule has 6 heteroatoms. The lowest BCUT2D eigenvalue weighted by atomic mass is 9.68. The first kappa shape index (κ1) is 19.2. The van der Waals surface area contributed by atoms with Gasteiger partial charge in [-0.2, -0.15) is 0 Å². The molecule has 1 saturated heterocycles. The van der Waals surface area contributed by atoms with Crippen molar-refractivity contribution in [1.82, 2.24) is 25.1 Å². The van der Waals surface area contributed by atoms with Crippen LogP contribution in [-0.4, -0.2) is 44.5 Å². The van der Waals surface area contributed by atoms with Crippen LogP contribution in [0.25, 0.3) is 0 Å². The summed E-state index contributed by atoms with van der Waals surface area (Å²) in [5, 5.41) is 12.4. The van der Waals surface area contributed by atoms with Crippen LogP contribution >= 0.6 is 0 Å². The predicted octanol–water partition coefficient (Wildman–Crippen LogP) is 3.34. The predicted molar refractivity (Wildman–Crippen MR) is 112 cm³/mol. The zero-order valence-corrected chi connectivity index (χ0v) is 17.6. The van der Waals surface area contributed by atoms with Gasteiger partial charge < -0.3 is 14.6 Å². The van der Waals surface area contributed by atoms with Gasteiger partial charge in [-0.25, -0.2) is 0 Å². The highest BCUT2D eigenvalue weighted by molar-refractivity contribution is 5.20. The Morgan fingerprint density at radius 1 is 1.21 bits per heavy atom. The van der Waals surface area contributed by atoms with E-state index in [-0.39, 0.29) is 11.0 Å². The minimum Gasteiger partial charge on any atom is -0.375 e. The van der Waals surface area contributed by atoms with Gasteiger partial charge in [-0.05, 0) is 64.1 Å². The van der Waals surface area contributed by atoms with Crippen molar-refractivity contribution in [1.29, 1.82) is 0 Å². The summed E-state index contributed by atoms with van der Waals surface area (Å²) in [5.74, 6) is 2.17. The van der Waals surface area contributed by atoms with Crippen molar-refractivity contribution in [3.8, 4) is 0 Å². The third kappa shape index (κ3) is 3.73. The van der Waals surface area contributed by atoms with Crippen molar-refractivity contribution in [2.75, 3.05) is 13.2 Å². The second-order valence-corrected chi connectivity index (χ2v) is 9.37. The van der Waals surface area contributed by atoms with Crippen LogP contribution in [-0.2, 0) is 23.1 Å². The van der Waals surface area contributed by atoms with Gasteiger partial charge in [0, 0.05) is 42.9 Å². The van der Waals surface area contributed by atoms with Crippen LogP contribution in [0.15, 0.2) is 24.4 Å². The molecule has 0 radical (unpaired) electrons. The minimum absolute atomic E-state index is 0.0924. The molecule has 0 aromatic carbocycles. The van der Waals surface area contributed by atoms with Crippen molar-refractivity contribution < 1.29 is 4.74 Å². The molecule has 6 nitrogen and oxygen atoms in total. The molecule has 1 unspecified atom stereocenters. The maximum atomic E-state index is 6.38. The quantitative estimate of drug-likeness (QED) is 0.841. The van der Waals surface area contributed by atoms with Crippen LogP contribution in [0.4, 0.5) is 0 Å². The minimum atomic E-state index is 0.0924. The Labute approximate surface area is 173 Å². The first-order valence-electron chi connectivity index (χ1n) is 11.4. The Bertz CT molecular complexity index is 829. The zero-order valence-electron chi connectivity index (χ0n) is 17.6. The van der Waals surface area contributed by atoms with E-state index in [2.05, 4.69) is 39.1 Å². The first-order valence-corrected chi connectivity index (χ1v) is 11.4. The Kier molecular flexibility index (Phi) is 5.16. The normalized spacial score (nSPS) is 28.5. The molecule has 0 amide bonds. The fraction of sp³-hybridized carbons (Fsp3) is 0.696. The number of nitrogens with zero attached hydrogens (tertiary/aromatic N) is 4. The van der Waals surface area contributed by atoms with Gasteiger partial charge in [0.2, 0.25) is 0 Å². The number of rotatable bonds is 5. The van der Waals surface area contributed by atoms with E-state index in [4.69, 9.17) is 9.72 Å². The Morgan fingerprint density at radius 3 is 2.93 bits per heavy atom. The second kappa shape index (κ2) is 7.80. The summed E-state index contributed by atoms with van der Waals surface area (Å²) in [6, 6.07) is 6.91. The molecule has 3 aliphatic rings. The maximum absolute atomic E-state index is 6.38. The highest BCUT2D eigenvalue weighted by Gasteiger charge is 2.48. The number of hydrogen-bond donors (Lipinski definition) is 1. The average Bonchev–Trinajstić information content (AvgIpc) is 3.35. The lowest BCUT2D eigenvalue weighted by molar-refractivity contribution is -0.104. The molecule has 5 rings (SSSR count). The Morgan fingerprint density at radius 2 is 2.10 bits per heavy atom. The van der Waals surface area contributed by atoms with Gasteiger partial charge in [-0.1, -0.05) is 18.9 Å². The molecule has 2 aromatic heterocycles. The van der Waals surface area contributed by atoms with E-state index in [1.165, 1.54) is 31.4 Å². The molecular formula is C23H33N5O. The van der Waals surface area contributed by atoms with E-state index < -0.39 is 0 Å². The molecule has 0 bridgehead atoms. The van der Waals surface area contributed by atoms with Gasteiger partial charge in [0.15, 0.2) is 0 Å². The Hall–Kier alpha value is -1.79. The van der Waals surface area contributed by atoms with E-state index >= 15 is 0 Å². The summed E-state index contributed by atoms with van der Waals surface area (Å²) in [4.78, 5) is 4.82. The van der Waals surface area contributed by atoms with Crippen molar-refractivity contribution >= 4 is 0 Å². The van der Waals surface area contributed by atoms with Crippen LogP contribution in [0.5, 0.6) is 0 Å². The highest BCUT2D eigenvalue weighted by atomic mass is 16.5. The van der Waals surface area contributed by atoms with Gasteiger partial charge in [0.25, 0.3) is 0 Å². The molecule has 1 aliphatic carbocycles. The Balaban J connectivity index is 1.29. The van der Waals surface area contributed by atoms with Crippen LogP contribution in [0.1, 0.15) is 68.7 Å². The lowest BCUT2D eigenvalue weighted by Crippen LogP contribution is -2.48. The molecule has 1 N–H and O–H groups in total. The molecule has 1 saturated carbocycles. The van der Waals surface area contributed by atoms with Gasteiger partial charge >= 0.3 is 0 Å². The highest BCUT2D eigenvalue weighted by Crippen LogP contribution is 2.49. The molecule has 2 atom stereocenters. The molecule has 156 valence electrons. The SMILES string of the molecule is Cc1nnc2n1CC(NCC[C@@]1(c3ccccn3)CCOC3(CCCC3)C1)CC2. The smallest absolute Gasteiger partial charge is 0.133 e. The number of aryl methyl sites for hydroxylation is 2. The molecular weight excluding hydrogens is 362 g/mol. The van der Waals surface area contributed by atoms with Crippen molar-refractivity contribution in [2.24, 2.45) is 0 Å². The van der Waals surface area contributed by atoms with Gasteiger partial charge in [0.1, 0.15) is 11.6 Å². The lowest BCUT2D eigenvalue weighted by Gasteiger charge is -2.46. The first-order chi connectivity index (χ1) is 14.2. The van der Waals surface area contributed by atoms with Crippen molar-refractivity contribution in [2.45, 2.75) is 88.3 Å². The van der Waals surface area contributed by atoms with E-state index in [9.17, 15) is 0 Å². The summed E-state index contributed by atoms with van der Waals surface area (Å²) >= 11 is 0. The topological polar surface area (TPSA) is 64.9 Å². The number of hydrogen-bond acceptors (Lipinski definition) is 5. The van der Waals surface area contributed by atoms with Gasteiger partial charge in [0.05, 0.1) is 5.60 Å². The second-order valence-electron chi connectivity index (χ2n) is 9.37. The molecule has 2 aromatic rings. The molecule has 4 heterocycles. The van der Waals surface area contributed by atoms with Gasteiger partial charge in [-0.15, -0.1) is 10.2 Å². The molecule has 2 fully saturated rings. The standard InChI is InChI=1S/C23H33N5O/c1-18-26-27-21-8-7-19(16-28(18)21)24-14-11-22(20-6-2-5-13-25-20)12-15-29-23(17-22)9-3-4-10-23/h2,5-6,13,19,24H,3-4,7-12,14-17H2,1H3/t19?,22-/m1/s1. The maximum Gasteiger partial charge on any atom is 0.133 e. The number of ether oxygens (including phenoxy) is 1. The summed E-state index contributed by atoms with van der Waals surface area (Å²) in [6.45, 7) is 4.92. The van der Waals surface area contributed by atoms with Crippen LogP contribution in [0.2, 0.25) is 0 Å². The van der Waals surface area contributed by atoms with E-state index in [0.717, 1.165) is 63.4 Å². The number of pyridine rings is 1. The van der Waals surface area contributed by atoms with Crippen LogP contribution < -0.4 is 5.32 Å². The summed E-state index contributed by atoms with van der Waals surface area (Å²) in [5.41, 5.74) is 1.48. The monoisotopic (exact) mass is 395 g/mol. The third-order valence-electron chi connectivity index (χ3n) is 7.54. The van der Waals surface area contributed by atoms with Crippen molar-refractivity contribution in [3.63, 3.8) is 0 Å². The molecule has 29 heavy (non-hydrogen) atoms. The summed E-state index contributed by atoms with van der Waals surface area (Å²) < 4.78 is 8.65. The number of nitrogens with one attached hydrogen (secondary N) is 1. The molecule has 1 spiro atoms. The van der Waals surface area contributed by atoms with Crippen LogP contribution in [0.3, 0.4) is 0 Å². The average molecular weight is 396 g/mol. The third-order valence-corrected chi connectivity index (χ3v) is 7.54. The summed E-state index contributed by atoms with van der Waals surface area (Å²) in [7, 11) is 0. The fourth-order valence-electron chi connectivity index (χ4n) is 5.94. The number of aromatic nitrogens is 4. The van der Waals surface area contributed by atoms with E-state index in [1.54, 1.807) is 0 Å². The van der Waals surface area contributed by atoms with E-state index in [0.29, 0.717) is 6.04 Å². The van der Waals surface area contributed by atoms with Gasteiger partial charge in [-0.3, -0.25) is 4.98 Å². The summed E-state index contributed by atoms with van der Waals surface area (Å²) in [6.07, 6.45) is 12.5. The van der Waals surface area contributed by atoms with Crippen molar-refractivity contribution in [3.05, 3.63) is 41.7 Å². The largest absolute Gasteiger partial charge is 0.375 e. The zero-order chi connectivity index (χ0) is 19.7. The van der Waals surface area contributed by atoms with Crippen LogP contribution in [0, 0.1) is 6.92 Å².